The van der Waals surface area contributed by atoms with Gasteiger partial charge in [0, 0.05) is 11.0 Å². The zero-order valence-corrected chi connectivity index (χ0v) is 14.1. The molecular weight excluding hydrogens is 280 g/mol. The molecule has 2 atom stereocenters. The van der Waals surface area contributed by atoms with Gasteiger partial charge in [-0.15, -0.1) is 0 Å². The van der Waals surface area contributed by atoms with Gasteiger partial charge in [0.05, 0.1) is 6.61 Å². The lowest BCUT2D eigenvalue weighted by molar-refractivity contribution is -0.145. The van der Waals surface area contributed by atoms with Gasteiger partial charge in [-0.05, 0) is 74.4 Å². The average molecular weight is 308 g/mol. The third kappa shape index (κ3) is 2.67. The van der Waals surface area contributed by atoms with E-state index in [0.717, 1.165) is 48.8 Å². The van der Waals surface area contributed by atoms with Crippen LogP contribution < -0.4 is 0 Å². The molecule has 0 aliphatic heterocycles. The van der Waals surface area contributed by atoms with Crippen LogP contribution in [0.3, 0.4) is 0 Å². The number of hydrogen-bond acceptors (Lipinski definition) is 3. The summed E-state index contributed by atoms with van der Waals surface area (Å²) in [6.45, 7) is 6.74. The lowest BCUT2D eigenvalue weighted by atomic mass is 9.42. The van der Waals surface area contributed by atoms with Crippen molar-refractivity contribution in [2.45, 2.75) is 58.3 Å². The molecule has 4 aliphatic rings. The molecular formula is C18H28O2S. The highest BCUT2D eigenvalue weighted by Gasteiger charge is 2.59. The molecule has 4 bridgehead atoms. The molecule has 0 saturated heterocycles. The molecule has 0 radical (unpaired) electrons. The molecule has 0 aromatic carbocycles. The number of esters is 1. The third-order valence-corrected chi connectivity index (χ3v) is 6.37. The second-order valence-electron chi connectivity index (χ2n) is 7.83. The summed E-state index contributed by atoms with van der Waals surface area (Å²) < 4.78 is 5.38. The molecule has 0 aromatic rings. The molecule has 4 saturated carbocycles. The van der Waals surface area contributed by atoms with Crippen LogP contribution in [0.5, 0.6) is 0 Å². The van der Waals surface area contributed by atoms with Crippen molar-refractivity contribution in [2.75, 3.05) is 12.4 Å². The molecule has 2 nitrogen and oxygen atoms in total. The third-order valence-electron chi connectivity index (χ3n) is 6.15. The van der Waals surface area contributed by atoms with Gasteiger partial charge in [0.15, 0.2) is 0 Å². The van der Waals surface area contributed by atoms with E-state index in [-0.39, 0.29) is 11.4 Å². The van der Waals surface area contributed by atoms with E-state index in [1.807, 2.05) is 6.92 Å². The summed E-state index contributed by atoms with van der Waals surface area (Å²) in [5.74, 6) is 2.41. The Balaban J connectivity index is 1.81. The normalized spacial score (nSPS) is 40.3. The smallest absolute Gasteiger partial charge is 0.333 e. The van der Waals surface area contributed by atoms with Crippen molar-refractivity contribution >= 4 is 18.6 Å². The Morgan fingerprint density at radius 1 is 1.29 bits per heavy atom. The van der Waals surface area contributed by atoms with Crippen molar-refractivity contribution in [1.29, 1.82) is 0 Å². The number of thiol groups is 1. The van der Waals surface area contributed by atoms with Crippen molar-refractivity contribution in [3.63, 3.8) is 0 Å². The highest BCUT2D eigenvalue weighted by atomic mass is 32.1. The lowest BCUT2D eigenvalue weighted by Gasteiger charge is -2.62. The van der Waals surface area contributed by atoms with Crippen LogP contribution in [0.25, 0.3) is 0 Å². The fourth-order valence-corrected chi connectivity index (χ4v) is 6.31. The van der Waals surface area contributed by atoms with Crippen LogP contribution >= 0.6 is 12.6 Å². The summed E-state index contributed by atoms with van der Waals surface area (Å²) in [6.07, 6.45) is 9.62. The van der Waals surface area contributed by atoms with Crippen molar-refractivity contribution < 1.29 is 9.53 Å². The standard InChI is InChI=1S/C18H28O2S/c1-3-5-20-16(19)13(2)18-10-14-7-15(11-18)9-17(8-14,12-18)4-6-21/h14-15,21H,2-12H2,1H3. The van der Waals surface area contributed by atoms with Gasteiger partial charge < -0.3 is 4.74 Å². The molecule has 0 heterocycles. The number of hydrogen-bond donors (Lipinski definition) is 1. The fourth-order valence-electron chi connectivity index (χ4n) is 5.83. The summed E-state index contributed by atoms with van der Waals surface area (Å²) in [5.41, 5.74) is 1.24. The monoisotopic (exact) mass is 308 g/mol. The van der Waals surface area contributed by atoms with E-state index in [4.69, 9.17) is 4.74 Å². The fraction of sp³-hybridized carbons (Fsp3) is 0.833. The summed E-state index contributed by atoms with van der Waals surface area (Å²) in [5, 5.41) is 0. The van der Waals surface area contributed by atoms with Gasteiger partial charge in [-0.3, -0.25) is 0 Å². The zero-order valence-electron chi connectivity index (χ0n) is 13.2. The minimum Gasteiger partial charge on any atom is -0.462 e. The van der Waals surface area contributed by atoms with E-state index < -0.39 is 0 Å². The Morgan fingerprint density at radius 3 is 2.52 bits per heavy atom. The Bertz CT molecular complexity index is 428. The molecule has 0 N–H and O–H groups in total. The Hall–Kier alpha value is -0.440. The molecule has 4 aliphatic carbocycles. The van der Waals surface area contributed by atoms with E-state index >= 15 is 0 Å². The first-order valence-electron chi connectivity index (χ1n) is 8.50. The van der Waals surface area contributed by atoms with E-state index in [1.165, 1.54) is 25.7 Å². The summed E-state index contributed by atoms with van der Waals surface area (Å²) in [7, 11) is 0. The number of carbonyl (C=O) groups is 1. The first-order valence-corrected chi connectivity index (χ1v) is 9.13. The maximum absolute atomic E-state index is 12.3. The molecule has 0 spiro atoms. The van der Waals surface area contributed by atoms with Crippen LogP contribution in [0.2, 0.25) is 0 Å². The molecule has 0 aromatic heterocycles. The highest BCUT2D eigenvalue weighted by Crippen LogP contribution is 2.68. The predicted octanol–water partition coefficient (Wildman–Crippen LogP) is 4.40. The second-order valence-corrected chi connectivity index (χ2v) is 8.28. The lowest BCUT2D eigenvalue weighted by Crippen LogP contribution is -2.53. The molecule has 4 rings (SSSR count). The van der Waals surface area contributed by atoms with E-state index in [9.17, 15) is 4.79 Å². The second kappa shape index (κ2) is 5.64. The number of ether oxygens (including phenoxy) is 1. The van der Waals surface area contributed by atoms with Gasteiger partial charge in [0.1, 0.15) is 0 Å². The predicted molar refractivity (Wildman–Crippen MR) is 88.4 cm³/mol. The van der Waals surface area contributed by atoms with Gasteiger partial charge in [-0.25, -0.2) is 4.79 Å². The van der Waals surface area contributed by atoms with Crippen LogP contribution in [0.4, 0.5) is 0 Å². The SMILES string of the molecule is C=C(C(=O)OCCC)C12CC3CC(CC(CCS)(C3)C1)C2. The van der Waals surface area contributed by atoms with E-state index in [1.54, 1.807) is 0 Å². The number of rotatable bonds is 6. The molecule has 0 amide bonds. The minimum atomic E-state index is -0.139. The van der Waals surface area contributed by atoms with Crippen LogP contribution in [0, 0.1) is 22.7 Å². The maximum Gasteiger partial charge on any atom is 0.333 e. The Labute approximate surface area is 134 Å². The molecule has 3 heteroatoms. The molecule has 118 valence electrons. The quantitative estimate of drug-likeness (QED) is 0.447. The van der Waals surface area contributed by atoms with Gasteiger partial charge in [-0.2, -0.15) is 12.6 Å². The topological polar surface area (TPSA) is 26.3 Å². The van der Waals surface area contributed by atoms with Crippen LogP contribution in [-0.2, 0) is 9.53 Å². The van der Waals surface area contributed by atoms with E-state index in [2.05, 4.69) is 19.2 Å². The first-order chi connectivity index (χ1) is 10.0. The Morgan fingerprint density at radius 2 is 1.95 bits per heavy atom. The van der Waals surface area contributed by atoms with Gasteiger partial charge >= 0.3 is 5.97 Å². The first kappa shape index (κ1) is 15.5. The average Bonchev–Trinajstić information content (AvgIpc) is 2.42. The van der Waals surface area contributed by atoms with Crippen molar-refractivity contribution in [2.24, 2.45) is 22.7 Å². The highest BCUT2D eigenvalue weighted by molar-refractivity contribution is 7.80. The summed E-state index contributed by atoms with van der Waals surface area (Å²) in [6, 6.07) is 0. The van der Waals surface area contributed by atoms with Crippen LogP contribution in [0.15, 0.2) is 12.2 Å². The minimum absolute atomic E-state index is 0.0395. The Kier molecular flexibility index (Phi) is 4.15. The van der Waals surface area contributed by atoms with Gasteiger partial charge in [0.2, 0.25) is 0 Å². The van der Waals surface area contributed by atoms with Crippen LogP contribution in [0.1, 0.15) is 58.3 Å². The van der Waals surface area contributed by atoms with Crippen molar-refractivity contribution in [3.8, 4) is 0 Å². The number of carbonyl (C=O) groups excluding carboxylic acids is 1. The van der Waals surface area contributed by atoms with Crippen molar-refractivity contribution in [1.82, 2.24) is 0 Å². The molecule has 2 unspecified atom stereocenters. The maximum atomic E-state index is 12.3. The van der Waals surface area contributed by atoms with Crippen molar-refractivity contribution in [3.05, 3.63) is 12.2 Å². The van der Waals surface area contributed by atoms with Gasteiger partial charge in [0.25, 0.3) is 0 Å². The largest absolute Gasteiger partial charge is 0.462 e. The molecule has 4 fully saturated rings. The summed E-state index contributed by atoms with van der Waals surface area (Å²) >= 11 is 4.49. The van der Waals surface area contributed by atoms with Gasteiger partial charge in [-0.1, -0.05) is 13.5 Å². The zero-order chi connectivity index (χ0) is 15.1. The van der Waals surface area contributed by atoms with Crippen LogP contribution in [-0.4, -0.2) is 18.3 Å². The summed E-state index contributed by atoms with van der Waals surface area (Å²) in [4.78, 5) is 12.3. The molecule has 21 heavy (non-hydrogen) atoms. The van der Waals surface area contributed by atoms with E-state index in [0.29, 0.717) is 12.0 Å².